The van der Waals surface area contributed by atoms with Gasteiger partial charge in [0, 0.05) is 13.0 Å². The SMILES string of the molecule is CC(C)C(c1ccccc1)S(=O)(=O)NCc1nnc(C2CC2)n1C. The van der Waals surface area contributed by atoms with E-state index in [1.165, 1.54) is 0 Å². The third kappa shape index (κ3) is 3.52. The van der Waals surface area contributed by atoms with E-state index in [1.807, 2.05) is 55.8 Å². The molecule has 2 aromatic rings. The molecule has 0 radical (unpaired) electrons. The molecule has 1 aromatic heterocycles. The third-order valence-electron chi connectivity index (χ3n) is 4.44. The Morgan fingerprint density at radius 2 is 1.88 bits per heavy atom. The molecule has 0 saturated heterocycles. The van der Waals surface area contributed by atoms with Gasteiger partial charge in [-0.05, 0) is 24.3 Å². The molecule has 0 spiro atoms. The lowest BCUT2D eigenvalue weighted by Gasteiger charge is -2.22. The molecule has 24 heavy (non-hydrogen) atoms. The molecule has 1 unspecified atom stereocenters. The van der Waals surface area contributed by atoms with E-state index >= 15 is 0 Å². The highest BCUT2D eigenvalue weighted by atomic mass is 32.2. The van der Waals surface area contributed by atoms with Gasteiger partial charge in [-0.3, -0.25) is 0 Å². The number of nitrogens with one attached hydrogen (secondary N) is 1. The number of rotatable bonds is 7. The van der Waals surface area contributed by atoms with Crippen LogP contribution in [0.25, 0.3) is 0 Å². The third-order valence-corrected chi connectivity index (χ3v) is 6.47. The van der Waals surface area contributed by atoms with Crippen molar-refractivity contribution in [3.63, 3.8) is 0 Å². The Labute approximate surface area is 143 Å². The summed E-state index contributed by atoms with van der Waals surface area (Å²) >= 11 is 0. The summed E-state index contributed by atoms with van der Waals surface area (Å²) in [4.78, 5) is 0. The van der Waals surface area contributed by atoms with Gasteiger partial charge in [0.25, 0.3) is 0 Å². The predicted molar refractivity (Wildman–Crippen MR) is 92.8 cm³/mol. The maximum atomic E-state index is 12.8. The highest BCUT2D eigenvalue weighted by Gasteiger charge is 2.32. The van der Waals surface area contributed by atoms with Crippen LogP contribution in [0.2, 0.25) is 0 Å². The fourth-order valence-electron chi connectivity index (χ4n) is 3.05. The Kier molecular flexibility index (Phi) is 4.73. The summed E-state index contributed by atoms with van der Waals surface area (Å²) in [7, 11) is -1.62. The van der Waals surface area contributed by atoms with Crippen LogP contribution in [0.1, 0.15) is 55.1 Å². The summed E-state index contributed by atoms with van der Waals surface area (Å²) < 4.78 is 30.3. The van der Waals surface area contributed by atoms with Crippen LogP contribution in [0, 0.1) is 5.92 Å². The van der Waals surface area contributed by atoms with E-state index < -0.39 is 15.3 Å². The van der Waals surface area contributed by atoms with Crippen molar-refractivity contribution in [3.8, 4) is 0 Å². The van der Waals surface area contributed by atoms with Gasteiger partial charge in [-0.15, -0.1) is 10.2 Å². The van der Waals surface area contributed by atoms with Gasteiger partial charge in [0.05, 0.1) is 6.54 Å². The number of hydrogen-bond acceptors (Lipinski definition) is 4. The molecule has 1 aromatic carbocycles. The van der Waals surface area contributed by atoms with Crippen molar-refractivity contribution in [1.29, 1.82) is 0 Å². The zero-order chi connectivity index (χ0) is 17.3. The maximum absolute atomic E-state index is 12.8. The van der Waals surface area contributed by atoms with Crippen LogP contribution < -0.4 is 4.72 Å². The average molecular weight is 348 g/mol. The molecule has 0 bridgehead atoms. The molecule has 1 atom stereocenters. The summed E-state index contributed by atoms with van der Waals surface area (Å²) in [6, 6.07) is 9.34. The number of nitrogens with zero attached hydrogens (tertiary/aromatic N) is 3. The summed E-state index contributed by atoms with van der Waals surface area (Å²) in [5.74, 6) is 2.05. The smallest absolute Gasteiger partial charge is 0.219 e. The quantitative estimate of drug-likeness (QED) is 0.834. The van der Waals surface area contributed by atoms with Crippen molar-refractivity contribution < 1.29 is 8.42 Å². The molecule has 1 heterocycles. The fourth-order valence-corrected chi connectivity index (χ4v) is 4.79. The molecule has 1 N–H and O–H groups in total. The number of sulfonamides is 1. The molecule has 1 aliphatic carbocycles. The summed E-state index contributed by atoms with van der Waals surface area (Å²) in [5.41, 5.74) is 0.802. The minimum Gasteiger partial charge on any atom is -0.317 e. The van der Waals surface area contributed by atoms with Gasteiger partial charge in [-0.25, -0.2) is 13.1 Å². The highest BCUT2D eigenvalue weighted by molar-refractivity contribution is 7.89. The molecule has 1 fully saturated rings. The number of benzene rings is 1. The Morgan fingerprint density at radius 3 is 2.46 bits per heavy atom. The minimum atomic E-state index is -3.52. The van der Waals surface area contributed by atoms with Crippen LogP contribution in [0.3, 0.4) is 0 Å². The number of aromatic nitrogens is 3. The molecule has 0 aliphatic heterocycles. The van der Waals surface area contributed by atoms with Crippen molar-refractivity contribution in [2.45, 2.75) is 44.4 Å². The Hall–Kier alpha value is -1.73. The van der Waals surface area contributed by atoms with Gasteiger partial charge < -0.3 is 4.57 Å². The van der Waals surface area contributed by atoms with Crippen LogP contribution in [0.4, 0.5) is 0 Å². The van der Waals surface area contributed by atoms with E-state index in [4.69, 9.17) is 0 Å². The topological polar surface area (TPSA) is 76.9 Å². The van der Waals surface area contributed by atoms with Crippen LogP contribution >= 0.6 is 0 Å². The van der Waals surface area contributed by atoms with Crippen LogP contribution in [0.5, 0.6) is 0 Å². The van der Waals surface area contributed by atoms with E-state index in [1.54, 1.807) is 0 Å². The van der Waals surface area contributed by atoms with Crippen molar-refractivity contribution in [3.05, 3.63) is 47.5 Å². The first-order valence-corrected chi connectivity index (χ1v) is 9.86. The van der Waals surface area contributed by atoms with E-state index in [0.29, 0.717) is 11.7 Å². The van der Waals surface area contributed by atoms with E-state index in [2.05, 4.69) is 14.9 Å². The standard InChI is InChI=1S/C17H24N4O2S/c1-12(2)16(13-7-5-4-6-8-13)24(22,23)18-11-15-19-20-17(21(15)3)14-9-10-14/h4-8,12,14,16,18H,9-11H2,1-3H3. The molecule has 3 rings (SSSR count). The lowest BCUT2D eigenvalue weighted by Crippen LogP contribution is -2.32. The van der Waals surface area contributed by atoms with Gasteiger partial charge in [-0.1, -0.05) is 44.2 Å². The molecular formula is C17H24N4O2S. The van der Waals surface area contributed by atoms with Crippen molar-refractivity contribution in [2.24, 2.45) is 13.0 Å². The first-order chi connectivity index (χ1) is 11.4. The van der Waals surface area contributed by atoms with E-state index in [9.17, 15) is 8.42 Å². The first-order valence-electron chi connectivity index (χ1n) is 8.31. The molecule has 1 saturated carbocycles. The van der Waals surface area contributed by atoms with Gasteiger partial charge in [0.15, 0.2) is 0 Å². The van der Waals surface area contributed by atoms with Gasteiger partial charge in [0.1, 0.15) is 16.9 Å². The van der Waals surface area contributed by atoms with Crippen molar-refractivity contribution in [1.82, 2.24) is 19.5 Å². The lowest BCUT2D eigenvalue weighted by atomic mass is 10.0. The van der Waals surface area contributed by atoms with Crippen LogP contribution in [-0.2, 0) is 23.6 Å². The minimum absolute atomic E-state index is 0.0357. The zero-order valence-electron chi connectivity index (χ0n) is 14.3. The van der Waals surface area contributed by atoms with Crippen LogP contribution in [0.15, 0.2) is 30.3 Å². The molecule has 130 valence electrons. The monoisotopic (exact) mass is 348 g/mol. The van der Waals surface area contributed by atoms with Gasteiger partial charge in [0.2, 0.25) is 10.0 Å². The van der Waals surface area contributed by atoms with Crippen molar-refractivity contribution >= 4 is 10.0 Å². The van der Waals surface area contributed by atoms with Crippen molar-refractivity contribution in [2.75, 3.05) is 0 Å². The molecule has 7 heteroatoms. The van der Waals surface area contributed by atoms with E-state index in [0.717, 1.165) is 24.2 Å². The van der Waals surface area contributed by atoms with Crippen LogP contribution in [-0.4, -0.2) is 23.2 Å². The maximum Gasteiger partial charge on any atom is 0.219 e. The molecule has 0 amide bonds. The molecule has 6 nitrogen and oxygen atoms in total. The van der Waals surface area contributed by atoms with E-state index in [-0.39, 0.29) is 12.5 Å². The predicted octanol–water partition coefficient (Wildman–Crippen LogP) is 2.51. The van der Waals surface area contributed by atoms with Gasteiger partial charge in [-0.2, -0.15) is 0 Å². The zero-order valence-corrected chi connectivity index (χ0v) is 15.1. The second-order valence-corrected chi connectivity index (χ2v) is 8.64. The highest BCUT2D eigenvalue weighted by Crippen LogP contribution is 2.38. The lowest BCUT2D eigenvalue weighted by molar-refractivity contribution is 0.525. The summed E-state index contributed by atoms with van der Waals surface area (Å²) in [6.07, 6.45) is 2.28. The number of hydrogen-bond donors (Lipinski definition) is 1. The molecular weight excluding hydrogens is 324 g/mol. The normalized spacial score (nSPS) is 16.5. The summed E-state index contributed by atoms with van der Waals surface area (Å²) in [6.45, 7) is 4.00. The Bertz CT molecular complexity index is 795. The van der Waals surface area contributed by atoms with Gasteiger partial charge >= 0.3 is 0 Å². The largest absolute Gasteiger partial charge is 0.317 e. The Balaban J connectivity index is 1.77. The first kappa shape index (κ1) is 17.1. The second kappa shape index (κ2) is 6.64. The summed E-state index contributed by atoms with van der Waals surface area (Å²) in [5, 5.41) is 7.75. The Morgan fingerprint density at radius 1 is 1.21 bits per heavy atom. The fraction of sp³-hybridized carbons (Fsp3) is 0.529. The molecule has 1 aliphatic rings. The average Bonchev–Trinajstić information content (AvgIpc) is 3.30. The second-order valence-electron chi connectivity index (χ2n) is 6.75.